The molecule has 2 heterocycles. The number of carbonyl (C=O) groups excluding carboxylic acids is 4. The molecule has 0 radical (unpaired) electrons. The van der Waals surface area contributed by atoms with Gasteiger partial charge in [-0.05, 0) is 116 Å². The summed E-state index contributed by atoms with van der Waals surface area (Å²) in [7, 11) is 0. The smallest absolute Gasteiger partial charge is 0.310 e. The molecule has 10 heteroatoms. The summed E-state index contributed by atoms with van der Waals surface area (Å²) in [5.74, 6) is -5.14. The predicted molar refractivity (Wildman–Crippen MR) is 220 cm³/mol. The predicted octanol–water partition coefficient (Wildman–Crippen LogP) is 9.00. The van der Waals surface area contributed by atoms with Crippen molar-refractivity contribution in [2.45, 2.75) is 234 Å². The van der Waals surface area contributed by atoms with Gasteiger partial charge in [0.2, 0.25) is 0 Å². The first-order valence-corrected chi connectivity index (χ1v) is 21.5. The molecule has 2 aliphatic carbocycles. The van der Waals surface area contributed by atoms with Crippen molar-refractivity contribution in [1.29, 1.82) is 0 Å². The van der Waals surface area contributed by atoms with Crippen molar-refractivity contribution < 1.29 is 38.1 Å². The Hall–Kier alpha value is -2.20. The normalized spacial score (nSPS) is 27.9. The number of esters is 4. The van der Waals surface area contributed by atoms with Crippen LogP contribution in [0.2, 0.25) is 0 Å². The van der Waals surface area contributed by atoms with Crippen molar-refractivity contribution in [2.75, 3.05) is 0 Å². The van der Waals surface area contributed by atoms with Crippen molar-refractivity contribution in [3.8, 4) is 0 Å². The van der Waals surface area contributed by atoms with Gasteiger partial charge < -0.3 is 29.6 Å². The third-order valence-electron chi connectivity index (χ3n) is 12.4. The second-order valence-electron chi connectivity index (χ2n) is 24.4. The highest BCUT2D eigenvalue weighted by molar-refractivity contribution is 5.88. The molecule has 2 aliphatic heterocycles. The molecule has 322 valence electrons. The minimum atomic E-state index is -1.30. The zero-order valence-electron chi connectivity index (χ0n) is 38.2. The average Bonchev–Trinajstić information content (AvgIpc) is 2.87. The van der Waals surface area contributed by atoms with Crippen LogP contribution in [0, 0.1) is 33.5 Å². The van der Waals surface area contributed by atoms with Gasteiger partial charge in [-0.3, -0.25) is 19.2 Å². The first kappa shape index (κ1) is 46.5. The maximum Gasteiger partial charge on any atom is 0.310 e. The molecular weight excluding hydrogens is 709 g/mol. The maximum absolute atomic E-state index is 14.6. The molecule has 56 heavy (non-hydrogen) atoms. The molecule has 0 aromatic carbocycles. The van der Waals surface area contributed by atoms with Gasteiger partial charge in [0, 0.05) is 47.8 Å². The topological polar surface area (TPSA) is 129 Å². The second-order valence-corrected chi connectivity index (χ2v) is 24.4. The van der Waals surface area contributed by atoms with Gasteiger partial charge in [-0.1, -0.05) is 55.4 Å². The summed E-state index contributed by atoms with van der Waals surface area (Å²) in [5, 5.41) is 7.24. The summed E-state index contributed by atoms with van der Waals surface area (Å²) in [5.41, 5.74) is -1.41. The molecule has 2 N–H and O–H groups in total. The molecule has 0 bridgehead atoms. The van der Waals surface area contributed by atoms with Crippen molar-refractivity contribution >= 4 is 23.9 Å². The monoisotopic (exact) mass is 789 g/mol. The van der Waals surface area contributed by atoms with E-state index in [4.69, 9.17) is 18.9 Å². The molecule has 4 rings (SSSR count). The first-order chi connectivity index (χ1) is 25.1. The summed E-state index contributed by atoms with van der Waals surface area (Å²) >= 11 is 0. The van der Waals surface area contributed by atoms with Crippen LogP contribution in [-0.2, 0) is 38.1 Å². The van der Waals surface area contributed by atoms with Crippen LogP contribution in [0.25, 0.3) is 0 Å². The molecule has 4 aliphatic rings. The summed E-state index contributed by atoms with van der Waals surface area (Å²) < 4.78 is 24.9. The largest absolute Gasteiger partial charge is 0.462 e. The summed E-state index contributed by atoms with van der Waals surface area (Å²) in [4.78, 5) is 57.4. The van der Waals surface area contributed by atoms with Crippen LogP contribution in [0.3, 0.4) is 0 Å². The Morgan fingerprint density at radius 3 is 0.893 bits per heavy atom. The molecule has 0 amide bonds. The quantitative estimate of drug-likeness (QED) is 0.155. The van der Waals surface area contributed by atoms with Gasteiger partial charge in [-0.2, -0.15) is 0 Å². The number of hydrogen-bond acceptors (Lipinski definition) is 10. The average molecular weight is 789 g/mol. The Kier molecular flexibility index (Phi) is 13.4. The van der Waals surface area contributed by atoms with Gasteiger partial charge in [-0.25, -0.2) is 0 Å². The van der Waals surface area contributed by atoms with Crippen LogP contribution < -0.4 is 10.6 Å². The molecule has 10 nitrogen and oxygen atoms in total. The second kappa shape index (κ2) is 16.1. The molecule has 2 saturated heterocycles. The Labute approximate surface area is 339 Å². The third-order valence-corrected chi connectivity index (χ3v) is 12.4. The molecule has 4 fully saturated rings. The number of carbonyl (C=O) groups is 4. The summed E-state index contributed by atoms with van der Waals surface area (Å²) in [6, 6.07) is 0. The molecule has 2 atom stereocenters. The van der Waals surface area contributed by atoms with Crippen LogP contribution in [0.1, 0.15) is 188 Å². The van der Waals surface area contributed by atoms with E-state index >= 15 is 0 Å². The van der Waals surface area contributed by atoms with Crippen LogP contribution >= 0.6 is 0 Å². The lowest BCUT2D eigenvalue weighted by atomic mass is 9.64. The highest BCUT2D eigenvalue weighted by Gasteiger charge is 2.48. The lowest BCUT2D eigenvalue weighted by molar-refractivity contribution is -0.179. The van der Waals surface area contributed by atoms with Gasteiger partial charge in [0.15, 0.2) is 0 Å². The van der Waals surface area contributed by atoms with E-state index in [2.05, 4.69) is 121 Å². The van der Waals surface area contributed by atoms with Gasteiger partial charge in [0.25, 0.3) is 0 Å². The fraction of sp³-hybridized carbons (Fsp3) is 0.913. The van der Waals surface area contributed by atoms with Gasteiger partial charge in [-0.15, -0.1) is 0 Å². The lowest BCUT2D eigenvalue weighted by Gasteiger charge is -2.46. The van der Waals surface area contributed by atoms with E-state index < -0.39 is 60.8 Å². The molecule has 0 aromatic rings. The van der Waals surface area contributed by atoms with E-state index in [-0.39, 0.29) is 56.0 Å². The molecular formula is C46H80N2O8. The minimum absolute atomic E-state index is 0.0745. The summed E-state index contributed by atoms with van der Waals surface area (Å²) in [6.45, 7) is 34.1. The molecule has 0 aromatic heterocycles. The van der Waals surface area contributed by atoms with Crippen LogP contribution in [0.15, 0.2) is 0 Å². The lowest BCUT2D eigenvalue weighted by Crippen LogP contribution is -2.59. The number of hydrogen-bond donors (Lipinski definition) is 2. The standard InChI is InChI=1S/C46H80N2O8/c1-39(2)19-29(20-40(3,4)27-39)55-37(51)33(17-35(49)53-31-23-43(9,10)47-44(11,12)24-31)34(38(52)56-30-21-41(5,6)28-42(7,8)22-30)18-36(50)54-32-25-45(13,14)48-46(15,16)26-32/h29-34,47-48H,17-28H2,1-16H3. The molecule has 0 spiro atoms. The van der Waals surface area contributed by atoms with E-state index in [0.29, 0.717) is 51.4 Å². The Morgan fingerprint density at radius 1 is 0.411 bits per heavy atom. The van der Waals surface area contributed by atoms with E-state index in [9.17, 15) is 19.2 Å². The van der Waals surface area contributed by atoms with Gasteiger partial charge >= 0.3 is 23.9 Å². The minimum Gasteiger partial charge on any atom is -0.462 e. The Bertz CT molecular complexity index is 1280. The molecule has 2 saturated carbocycles. The number of piperidine rings is 2. The highest BCUT2D eigenvalue weighted by Crippen LogP contribution is 2.48. The summed E-state index contributed by atoms with van der Waals surface area (Å²) in [6.07, 6.45) is 4.54. The van der Waals surface area contributed by atoms with E-state index in [1.54, 1.807) is 0 Å². The van der Waals surface area contributed by atoms with E-state index in [1.165, 1.54) is 0 Å². The fourth-order valence-corrected chi connectivity index (χ4v) is 12.4. The van der Waals surface area contributed by atoms with Gasteiger partial charge in [0.1, 0.15) is 24.4 Å². The maximum atomic E-state index is 14.6. The van der Waals surface area contributed by atoms with Crippen LogP contribution in [-0.4, -0.2) is 70.4 Å². The molecule has 2 unspecified atom stereocenters. The van der Waals surface area contributed by atoms with Crippen molar-refractivity contribution in [3.05, 3.63) is 0 Å². The van der Waals surface area contributed by atoms with E-state index in [1.807, 2.05) is 0 Å². The van der Waals surface area contributed by atoms with Crippen LogP contribution in [0.4, 0.5) is 0 Å². The van der Waals surface area contributed by atoms with Crippen LogP contribution in [0.5, 0.6) is 0 Å². The number of ether oxygens (including phenoxy) is 4. The SMILES string of the molecule is CC1(C)CC(OC(=O)C(CC(=O)OC2CC(C)(C)NC(C)(C)C2)C(CC(=O)OC2CC(C)(C)NC(C)(C)C2)C(=O)OC2CC(C)(C)CC(C)(C)C2)CC(C)(C)C1. The fourth-order valence-electron chi connectivity index (χ4n) is 12.4. The zero-order valence-corrected chi connectivity index (χ0v) is 38.2. The van der Waals surface area contributed by atoms with Crippen molar-refractivity contribution in [1.82, 2.24) is 10.6 Å². The first-order valence-electron chi connectivity index (χ1n) is 21.5. The van der Waals surface area contributed by atoms with Crippen molar-refractivity contribution in [2.24, 2.45) is 33.5 Å². The third kappa shape index (κ3) is 14.0. The number of nitrogens with one attached hydrogen (secondary N) is 2. The van der Waals surface area contributed by atoms with Crippen molar-refractivity contribution in [3.63, 3.8) is 0 Å². The number of rotatable bonds is 11. The Balaban J connectivity index is 1.68. The van der Waals surface area contributed by atoms with E-state index in [0.717, 1.165) is 12.8 Å². The Morgan fingerprint density at radius 2 is 0.643 bits per heavy atom. The highest BCUT2D eigenvalue weighted by atomic mass is 16.6. The zero-order chi connectivity index (χ0) is 42.5. The van der Waals surface area contributed by atoms with Gasteiger partial charge in [0.05, 0.1) is 24.7 Å².